The van der Waals surface area contributed by atoms with Crippen molar-refractivity contribution in [2.24, 2.45) is 0 Å². The molecule has 0 N–H and O–H groups in total. The number of rotatable bonds is 6. The Labute approximate surface area is 246 Å². The Morgan fingerprint density at radius 1 is 0.619 bits per heavy atom. The van der Waals surface area contributed by atoms with Gasteiger partial charge in [-0.2, -0.15) is 24.5 Å². The van der Waals surface area contributed by atoms with E-state index in [4.69, 9.17) is 9.72 Å². The number of aryl methyl sites for hydroxylation is 1. The van der Waals surface area contributed by atoms with Crippen molar-refractivity contribution in [2.75, 3.05) is 7.11 Å². The van der Waals surface area contributed by atoms with Crippen molar-refractivity contribution in [1.29, 1.82) is 0 Å². The Bertz CT molecular complexity index is 1830. The molecule has 6 rings (SSSR count). The van der Waals surface area contributed by atoms with E-state index in [1.807, 2.05) is 90.5 Å². The number of alkyl halides is 3. The maximum atomic E-state index is 14.0. The highest BCUT2D eigenvalue weighted by atomic mass is 32.1. The molecule has 0 unspecified atom stereocenters. The maximum absolute atomic E-state index is 14.0. The summed E-state index contributed by atoms with van der Waals surface area (Å²) < 4.78 is 47.4. The Balaban J connectivity index is 1.81. The predicted molar refractivity (Wildman–Crippen MR) is 166 cm³/mol. The second-order valence-electron chi connectivity index (χ2n) is 9.99. The van der Waals surface area contributed by atoms with E-state index < -0.39 is 11.7 Å². The number of methoxy groups -OCH3 is 1. The molecule has 0 bridgehead atoms. The number of halogens is 3. The van der Waals surface area contributed by atoms with Crippen molar-refractivity contribution >= 4 is 11.3 Å². The van der Waals surface area contributed by atoms with E-state index in [0.29, 0.717) is 22.6 Å². The van der Waals surface area contributed by atoms with Gasteiger partial charge in [-0.3, -0.25) is 0 Å². The normalized spacial score (nSPS) is 11.5. The topological polar surface area (TPSA) is 22.1 Å². The summed E-state index contributed by atoms with van der Waals surface area (Å²) in [5, 5.41) is 4.02. The van der Waals surface area contributed by atoms with E-state index in [0.717, 1.165) is 50.7 Å². The van der Waals surface area contributed by atoms with Gasteiger partial charge in [0.2, 0.25) is 0 Å². The summed E-state index contributed by atoms with van der Waals surface area (Å²) in [5.74, 6) is 0.678. The zero-order chi connectivity index (χ0) is 29.3. The lowest BCUT2D eigenvalue weighted by Crippen LogP contribution is -2.05. The molecule has 0 fully saturated rings. The Hall–Kier alpha value is -4.68. The molecule has 2 nitrogen and oxygen atoms in total. The van der Waals surface area contributed by atoms with Gasteiger partial charge in [0.15, 0.2) is 0 Å². The van der Waals surface area contributed by atoms with E-state index in [-0.39, 0.29) is 0 Å². The molecule has 0 spiro atoms. The van der Waals surface area contributed by atoms with Gasteiger partial charge in [-0.25, -0.2) is 4.98 Å². The van der Waals surface area contributed by atoms with Crippen LogP contribution < -0.4 is 4.74 Å². The largest absolute Gasteiger partial charge is 0.497 e. The quantitative estimate of drug-likeness (QED) is 0.196. The summed E-state index contributed by atoms with van der Waals surface area (Å²) in [7, 11) is 1.60. The molecule has 4 aromatic carbocycles. The van der Waals surface area contributed by atoms with Crippen LogP contribution in [-0.4, -0.2) is 12.1 Å². The summed E-state index contributed by atoms with van der Waals surface area (Å²) >= 11 is 1.54. The fraction of sp³-hybridized carbons (Fsp3) is 0.0833. The van der Waals surface area contributed by atoms with Crippen molar-refractivity contribution in [3.05, 3.63) is 131 Å². The highest BCUT2D eigenvalue weighted by molar-refractivity contribution is 7.08. The smallest absolute Gasteiger partial charge is 0.416 e. The standard InChI is InChI=1S/C36H26F3NOS/c1-23-11-13-24(14-12-23)32-31(28-19-20-42-22-28)33(27-9-6-10-29(21-27)36(37,38)39)35(26-15-17-30(41-2)18-16-26)40-34(32)25-7-4-3-5-8-25/h3-22H,1-2H3. The van der Waals surface area contributed by atoms with Gasteiger partial charge in [0.25, 0.3) is 0 Å². The van der Waals surface area contributed by atoms with Gasteiger partial charge in [0.1, 0.15) is 5.75 Å². The van der Waals surface area contributed by atoms with Gasteiger partial charge in [-0.15, -0.1) is 0 Å². The lowest BCUT2D eigenvalue weighted by molar-refractivity contribution is -0.137. The first-order chi connectivity index (χ1) is 20.3. The third-order valence-corrected chi connectivity index (χ3v) is 7.92. The number of thiophene rings is 1. The molecule has 0 radical (unpaired) electrons. The number of hydrogen-bond donors (Lipinski definition) is 0. The SMILES string of the molecule is COc1ccc(-c2nc(-c3ccccc3)c(-c3ccc(C)cc3)c(-c3ccsc3)c2-c2cccc(C(F)(F)F)c2)cc1. The van der Waals surface area contributed by atoms with Gasteiger partial charge in [0, 0.05) is 27.8 Å². The minimum absolute atomic E-state index is 0.442. The molecule has 0 amide bonds. The zero-order valence-electron chi connectivity index (χ0n) is 22.9. The molecular weight excluding hydrogens is 551 g/mol. The molecule has 2 aromatic heterocycles. The highest BCUT2D eigenvalue weighted by Gasteiger charge is 2.32. The summed E-state index contributed by atoms with van der Waals surface area (Å²) in [6.07, 6.45) is -4.49. The summed E-state index contributed by atoms with van der Waals surface area (Å²) in [4.78, 5) is 5.29. The third kappa shape index (κ3) is 5.33. The van der Waals surface area contributed by atoms with Crippen LogP contribution in [0, 0.1) is 6.92 Å². The van der Waals surface area contributed by atoms with E-state index in [1.165, 1.54) is 12.1 Å². The first kappa shape index (κ1) is 27.5. The molecular formula is C36H26F3NOS. The number of hydrogen-bond acceptors (Lipinski definition) is 3. The molecule has 0 saturated heterocycles. The van der Waals surface area contributed by atoms with Crippen molar-refractivity contribution in [2.45, 2.75) is 13.1 Å². The minimum atomic E-state index is -4.49. The second kappa shape index (κ2) is 11.3. The first-order valence-electron chi connectivity index (χ1n) is 13.4. The molecule has 0 aliphatic carbocycles. The Morgan fingerprint density at radius 2 is 1.24 bits per heavy atom. The van der Waals surface area contributed by atoms with Crippen LogP contribution in [0.1, 0.15) is 11.1 Å². The van der Waals surface area contributed by atoms with Crippen molar-refractivity contribution < 1.29 is 17.9 Å². The van der Waals surface area contributed by atoms with Crippen LogP contribution in [-0.2, 0) is 6.18 Å². The molecule has 208 valence electrons. The van der Waals surface area contributed by atoms with E-state index in [9.17, 15) is 13.2 Å². The van der Waals surface area contributed by atoms with Crippen LogP contribution in [0.3, 0.4) is 0 Å². The number of aromatic nitrogens is 1. The fourth-order valence-electron chi connectivity index (χ4n) is 5.18. The van der Waals surface area contributed by atoms with Crippen LogP contribution >= 0.6 is 11.3 Å². The van der Waals surface area contributed by atoms with Gasteiger partial charge in [0.05, 0.1) is 24.1 Å². The van der Waals surface area contributed by atoms with Gasteiger partial charge >= 0.3 is 6.18 Å². The van der Waals surface area contributed by atoms with Gasteiger partial charge < -0.3 is 4.74 Å². The summed E-state index contributed by atoms with van der Waals surface area (Å²) in [6.45, 7) is 2.03. The van der Waals surface area contributed by atoms with Gasteiger partial charge in [-0.05, 0) is 76.8 Å². The van der Waals surface area contributed by atoms with Crippen molar-refractivity contribution in [3.63, 3.8) is 0 Å². The third-order valence-electron chi connectivity index (χ3n) is 7.24. The molecule has 6 heteroatoms. The molecule has 6 aromatic rings. The molecule has 2 heterocycles. The molecule has 0 atom stereocenters. The van der Waals surface area contributed by atoms with Crippen LogP contribution in [0.2, 0.25) is 0 Å². The number of ether oxygens (including phenoxy) is 1. The minimum Gasteiger partial charge on any atom is -0.497 e. The van der Waals surface area contributed by atoms with Crippen LogP contribution in [0.5, 0.6) is 5.75 Å². The van der Waals surface area contributed by atoms with E-state index >= 15 is 0 Å². The van der Waals surface area contributed by atoms with E-state index in [2.05, 4.69) is 12.1 Å². The highest BCUT2D eigenvalue weighted by Crippen LogP contribution is 2.49. The first-order valence-corrected chi connectivity index (χ1v) is 14.3. The maximum Gasteiger partial charge on any atom is 0.416 e. The summed E-state index contributed by atoms with van der Waals surface area (Å²) in [5.41, 5.74) is 8.05. The average Bonchev–Trinajstić information content (AvgIpc) is 3.56. The van der Waals surface area contributed by atoms with Crippen LogP contribution in [0.25, 0.3) is 55.9 Å². The molecule has 0 aliphatic rings. The monoisotopic (exact) mass is 577 g/mol. The van der Waals surface area contributed by atoms with Gasteiger partial charge in [-0.1, -0.05) is 72.3 Å². The molecule has 42 heavy (non-hydrogen) atoms. The number of pyridine rings is 1. The summed E-state index contributed by atoms with van der Waals surface area (Å²) in [6, 6.07) is 33.1. The van der Waals surface area contributed by atoms with Crippen LogP contribution in [0.15, 0.2) is 120 Å². The number of benzene rings is 4. The zero-order valence-corrected chi connectivity index (χ0v) is 23.8. The predicted octanol–water partition coefficient (Wildman–Crippen LogP) is 10.8. The fourth-order valence-corrected chi connectivity index (χ4v) is 5.82. The second-order valence-corrected chi connectivity index (χ2v) is 10.8. The lowest BCUT2D eigenvalue weighted by atomic mass is 9.83. The molecule has 0 saturated carbocycles. The Kier molecular flexibility index (Phi) is 7.40. The lowest BCUT2D eigenvalue weighted by Gasteiger charge is -2.23. The Morgan fingerprint density at radius 3 is 1.86 bits per heavy atom. The molecule has 0 aliphatic heterocycles. The van der Waals surface area contributed by atoms with E-state index in [1.54, 1.807) is 24.5 Å². The van der Waals surface area contributed by atoms with Crippen LogP contribution in [0.4, 0.5) is 13.2 Å². The van der Waals surface area contributed by atoms with Crippen molar-refractivity contribution in [3.8, 4) is 61.6 Å². The van der Waals surface area contributed by atoms with Crippen molar-refractivity contribution in [1.82, 2.24) is 4.98 Å². The average molecular weight is 578 g/mol. The number of nitrogens with zero attached hydrogens (tertiary/aromatic N) is 1.